The molecule has 13 heteroatoms. The molecule has 1 aliphatic carbocycles. The van der Waals surface area contributed by atoms with Crippen molar-refractivity contribution in [2.75, 3.05) is 40.8 Å². The van der Waals surface area contributed by atoms with E-state index in [-0.39, 0.29) is 30.5 Å². The van der Waals surface area contributed by atoms with Gasteiger partial charge in [-0.3, -0.25) is 14.3 Å². The Morgan fingerprint density at radius 3 is 2.47 bits per heavy atom. The summed E-state index contributed by atoms with van der Waals surface area (Å²) in [6.45, 7) is 4.47. The second-order valence-electron chi connectivity index (χ2n) is 10.0. The molecule has 3 atom stereocenters. The van der Waals surface area contributed by atoms with Crippen LogP contribution in [-0.2, 0) is 16.7 Å². The fourth-order valence-corrected chi connectivity index (χ4v) is 6.26. The minimum Gasteiger partial charge on any atom is -0.748 e. The largest absolute Gasteiger partial charge is 0.748 e. The van der Waals surface area contributed by atoms with E-state index >= 15 is 0 Å². The average molecular weight is 526 g/mol. The Morgan fingerprint density at radius 2 is 1.86 bits per heavy atom. The molecule has 2 aliphatic rings. The summed E-state index contributed by atoms with van der Waals surface area (Å²) in [5, 5.41) is 26.4. The molecule has 202 valence electrons. The summed E-state index contributed by atoms with van der Waals surface area (Å²) >= 11 is 0. The van der Waals surface area contributed by atoms with Gasteiger partial charge in [-0.25, -0.2) is 8.42 Å². The van der Waals surface area contributed by atoms with Crippen molar-refractivity contribution in [2.45, 2.75) is 75.7 Å². The van der Waals surface area contributed by atoms with Gasteiger partial charge in [0, 0.05) is 19.2 Å². The second-order valence-corrected chi connectivity index (χ2v) is 11.6. The minimum absolute atomic E-state index is 0.0480. The number of quaternary nitrogens is 1. The van der Waals surface area contributed by atoms with E-state index in [0.29, 0.717) is 30.6 Å². The molecule has 0 bridgehead atoms. The van der Waals surface area contributed by atoms with Gasteiger partial charge in [0.25, 0.3) is 11.4 Å². The number of nitrogens with one attached hydrogen (secondary N) is 1. The van der Waals surface area contributed by atoms with Crippen molar-refractivity contribution in [1.29, 1.82) is 0 Å². The maximum atomic E-state index is 13.5. The first kappa shape index (κ1) is 28.4. The second kappa shape index (κ2) is 12.3. The van der Waals surface area contributed by atoms with Gasteiger partial charge in [0.1, 0.15) is 0 Å². The van der Waals surface area contributed by atoms with Gasteiger partial charge in [-0.05, 0) is 72.5 Å². The van der Waals surface area contributed by atoms with Crippen molar-refractivity contribution in [3.05, 3.63) is 15.9 Å². The van der Waals surface area contributed by atoms with Crippen LogP contribution in [0.5, 0.6) is 5.88 Å². The lowest BCUT2D eigenvalue weighted by Gasteiger charge is -2.32. The van der Waals surface area contributed by atoms with Gasteiger partial charge in [-0.15, -0.1) is 5.11 Å². The van der Waals surface area contributed by atoms with E-state index in [1.165, 1.54) is 11.6 Å². The molecular weight excluding hydrogens is 486 g/mol. The predicted octanol–water partition coefficient (Wildman–Crippen LogP) is 1.51. The van der Waals surface area contributed by atoms with Crippen LogP contribution in [0.25, 0.3) is 0 Å². The maximum Gasteiger partial charge on any atom is 0.281 e. The zero-order valence-electron chi connectivity index (χ0n) is 21.7. The molecule has 3 unspecified atom stereocenters. The number of piperidine rings is 1. The van der Waals surface area contributed by atoms with Crippen LogP contribution in [0.3, 0.4) is 0 Å². The van der Waals surface area contributed by atoms with E-state index in [4.69, 9.17) is 0 Å². The summed E-state index contributed by atoms with van der Waals surface area (Å²) in [5.74, 6) is -0.0480. The van der Waals surface area contributed by atoms with Crippen molar-refractivity contribution in [1.82, 2.24) is 9.47 Å². The number of hydrogen-bond donors (Lipinski definition) is 2. The van der Waals surface area contributed by atoms with Gasteiger partial charge in [-0.2, -0.15) is 15.3 Å². The molecule has 3 rings (SSSR count). The highest BCUT2D eigenvalue weighted by Gasteiger charge is 2.35. The minimum atomic E-state index is -4.61. The molecule has 0 amide bonds. The third kappa shape index (κ3) is 6.75. The first-order valence-corrected chi connectivity index (χ1v) is 14.1. The highest BCUT2D eigenvalue weighted by Crippen LogP contribution is 2.32. The van der Waals surface area contributed by atoms with Gasteiger partial charge in [-0.1, -0.05) is 0 Å². The summed E-state index contributed by atoms with van der Waals surface area (Å²) in [7, 11) is 0.814. The number of aromatic hydroxyl groups is 1. The summed E-state index contributed by atoms with van der Waals surface area (Å²) < 4.78 is 37.1. The van der Waals surface area contributed by atoms with Gasteiger partial charge in [0.05, 0.1) is 40.5 Å². The van der Waals surface area contributed by atoms with Crippen LogP contribution in [0.2, 0.25) is 0 Å². The van der Waals surface area contributed by atoms with Gasteiger partial charge >= 0.3 is 0 Å². The van der Waals surface area contributed by atoms with Crippen molar-refractivity contribution < 1.29 is 23.0 Å². The molecule has 1 saturated carbocycles. The molecule has 1 saturated heterocycles. The summed E-state index contributed by atoms with van der Waals surface area (Å²) in [6, 6.07) is -1.17. The Hall–Kier alpha value is -2.22. The van der Waals surface area contributed by atoms with E-state index in [2.05, 4.69) is 20.5 Å². The van der Waals surface area contributed by atoms with E-state index in [1.54, 1.807) is 6.92 Å². The smallest absolute Gasteiger partial charge is 0.281 e. The monoisotopic (exact) mass is 525 g/mol. The molecule has 2 heterocycles. The lowest BCUT2D eigenvalue weighted by Crippen LogP contribution is -3.08. The Bertz CT molecular complexity index is 1130. The maximum absolute atomic E-state index is 13.5. The quantitative estimate of drug-likeness (QED) is 0.368. The summed E-state index contributed by atoms with van der Waals surface area (Å²) in [4.78, 5) is 16.5. The van der Waals surface area contributed by atoms with E-state index in [0.717, 1.165) is 43.8 Å². The number of nitrogens with zero attached hydrogens (tertiary/aromatic N) is 6. The fourth-order valence-electron chi connectivity index (χ4n) is 5.28. The summed E-state index contributed by atoms with van der Waals surface area (Å²) in [6.07, 6.45) is 4.57. The van der Waals surface area contributed by atoms with Gasteiger partial charge in [0.15, 0.2) is 11.4 Å². The summed E-state index contributed by atoms with van der Waals surface area (Å²) in [5.41, 5.74) is 0.772. The first-order valence-electron chi connectivity index (χ1n) is 12.6. The van der Waals surface area contributed by atoms with Crippen LogP contribution >= 0.6 is 0 Å². The van der Waals surface area contributed by atoms with Crippen LogP contribution < -0.4 is 10.5 Å². The van der Waals surface area contributed by atoms with Crippen LogP contribution in [0.1, 0.15) is 50.5 Å². The Balaban J connectivity index is 2.05. The molecule has 2 fully saturated rings. The molecule has 2 N–H and O–H groups in total. The molecule has 0 radical (unpaired) electrons. The molecule has 1 aromatic rings. The zero-order chi connectivity index (χ0) is 26.5. The van der Waals surface area contributed by atoms with Gasteiger partial charge < -0.3 is 14.6 Å². The fraction of sp³-hybridized carbons (Fsp3) is 0.783. The zero-order valence-corrected chi connectivity index (χ0v) is 22.5. The normalized spacial score (nSPS) is 24.3. The lowest BCUT2D eigenvalue weighted by molar-refractivity contribution is -0.838. The molecule has 36 heavy (non-hydrogen) atoms. The Morgan fingerprint density at radius 1 is 1.17 bits per heavy atom. The Kier molecular flexibility index (Phi) is 9.72. The molecular formula is C23H39N7O5S. The highest BCUT2D eigenvalue weighted by molar-refractivity contribution is 7.86. The van der Waals surface area contributed by atoms with Crippen molar-refractivity contribution in [3.63, 3.8) is 0 Å². The standard InChI is InChI=1S/C23H39N7O5S/c1-16-20(27-26-18-15-17(25-24-2)9-10-19(18)36(33,34)35)22(31)30(14-8-11-28(3)4)23(32)21(16)29-12-6-5-7-13-29/h17-19,32H,5-15H2,1-4H3,(H,33,34,35). The SMILES string of the molecule is CN=NC1CCC(S(=O)(=O)[O-])C(N=Nc2c(C)c([NH+]3CCCCC3)c(O)n(CCCN(C)C)c2=O)C1. The number of pyridine rings is 1. The third-order valence-electron chi connectivity index (χ3n) is 7.14. The number of azo groups is 2. The first-order chi connectivity index (χ1) is 17.0. The number of hydrogen-bond acceptors (Lipinski definition) is 10. The van der Waals surface area contributed by atoms with Crippen molar-refractivity contribution >= 4 is 21.5 Å². The van der Waals surface area contributed by atoms with Crippen LogP contribution in [0, 0.1) is 6.92 Å². The van der Waals surface area contributed by atoms with Crippen molar-refractivity contribution in [2.24, 2.45) is 20.5 Å². The van der Waals surface area contributed by atoms with E-state index in [1.807, 2.05) is 19.0 Å². The van der Waals surface area contributed by atoms with Crippen LogP contribution in [0.4, 0.5) is 11.4 Å². The van der Waals surface area contributed by atoms with E-state index < -0.39 is 27.0 Å². The molecule has 0 aromatic carbocycles. The Labute approximate surface area is 212 Å². The third-order valence-corrected chi connectivity index (χ3v) is 8.43. The average Bonchev–Trinajstić information content (AvgIpc) is 2.81. The number of rotatable bonds is 9. The van der Waals surface area contributed by atoms with Crippen molar-refractivity contribution in [3.8, 4) is 5.88 Å². The van der Waals surface area contributed by atoms with E-state index in [9.17, 15) is 22.9 Å². The van der Waals surface area contributed by atoms with Crippen LogP contribution in [0.15, 0.2) is 25.3 Å². The topological polar surface area (TPSA) is 157 Å². The van der Waals surface area contributed by atoms with Gasteiger partial charge in [0.2, 0.25) is 0 Å². The number of aromatic nitrogens is 1. The molecule has 0 spiro atoms. The molecule has 12 nitrogen and oxygen atoms in total. The highest BCUT2D eigenvalue weighted by atomic mass is 32.2. The lowest BCUT2D eigenvalue weighted by atomic mass is 9.91. The molecule has 1 aromatic heterocycles. The predicted molar refractivity (Wildman–Crippen MR) is 135 cm³/mol. The van der Waals surface area contributed by atoms with Crippen LogP contribution in [-0.4, -0.2) is 85.7 Å². The molecule has 1 aliphatic heterocycles.